The van der Waals surface area contributed by atoms with Crippen molar-refractivity contribution in [3.63, 3.8) is 0 Å². The number of ether oxygens (including phenoxy) is 3. The highest BCUT2D eigenvalue weighted by Gasteiger charge is 2.25. The SMILES string of the molecule is COc1ccc(C(=O)NC2CCC(Oc3ccc4ncccc4c3)CC2)c(OCCN)c1. The number of nitrogens with zero attached hydrogens (tertiary/aromatic N) is 1. The standard InChI is InChI=1S/C25H29N3O4/c1-30-20-8-10-22(24(16-20)31-14-12-26)25(29)28-18-4-6-19(7-5-18)32-21-9-11-23-17(15-21)3-2-13-27-23/h2-3,8-11,13,15-16,18-19H,4-7,12,14,26H2,1H3,(H,28,29). The summed E-state index contributed by atoms with van der Waals surface area (Å²) in [6, 6.07) is 15.2. The molecule has 7 nitrogen and oxygen atoms in total. The van der Waals surface area contributed by atoms with Crippen molar-refractivity contribution in [1.82, 2.24) is 10.3 Å². The average Bonchev–Trinajstić information content (AvgIpc) is 2.83. The van der Waals surface area contributed by atoms with E-state index in [1.165, 1.54) is 0 Å². The summed E-state index contributed by atoms with van der Waals surface area (Å²) >= 11 is 0. The van der Waals surface area contributed by atoms with Gasteiger partial charge in [-0.25, -0.2) is 0 Å². The highest BCUT2D eigenvalue weighted by molar-refractivity contribution is 5.97. The Balaban J connectivity index is 1.33. The molecule has 0 unspecified atom stereocenters. The van der Waals surface area contributed by atoms with Crippen LogP contribution in [0.3, 0.4) is 0 Å². The second kappa shape index (κ2) is 10.3. The fraction of sp³-hybridized carbons (Fsp3) is 0.360. The third-order valence-electron chi connectivity index (χ3n) is 5.70. The Morgan fingerprint density at radius 1 is 1.09 bits per heavy atom. The zero-order valence-corrected chi connectivity index (χ0v) is 18.3. The minimum absolute atomic E-state index is 0.104. The number of amides is 1. The van der Waals surface area contributed by atoms with Gasteiger partial charge >= 0.3 is 0 Å². The van der Waals surface area contributed by atoms with Gasteiger partial charge in [-0.05, 0) is 62.1 Å². The lowest BCUT2D eigenvalue weighted by molar-refractivity contribution is 0.0890. The number of nitrogens with one attached hydrogen (secondary N) is 1. The molecule has 3 N–H and O–H groups in total. The normalized spacial score (nSPS) is 18.2. The van der Waals surface area contributed by atoms with Crippen molar-refractivity contribution in [3.05, 3.63) is 60.3 Å². The number of hydrogen-bond acceptors (Lipinski definition) is 6. The van der Waals surface area contributed by atoms with Gasteiger partial charge in [0.05, 0.1) is 24.3 Å². The van der Waals surface area contributed by atoms with Crippen LogP contribution in [0.4, 0.5) is 0 Å². The first-order valence-electron chi connectivity index (χ1n) is 11.0. The molecule has 1 aromatic heterocycles. The van der Waals surface area contributed by atoms with E-state index in [1.54, 1.807) is 31.5 Å². The maximum Gasteiger partial charge on any atom is 0.255 e. The maximum atomic E-state index is 12.9. The van der Waals surface area contributed by atoms with Gasteiger partial charge in [0.1, 0.15) is 23.9 Å². The number of rotatable bonds is 8. The molecule has 0 spiro atoms. The fourth-order valence-corrected chi connectivity index (χ4v) is 4.01. The number of carbonyl (C=O) groups excluding carboxylic acids is 1. The lowest BCUT2D eigenvalue weighted by Crippen LogP contribution is -2.39. The Morgan fingerprint density at radius 3 is 2.69 bits per heavy atom. The molecule has 3 aromatic rings. The molecule has 1 fully saturated rings. The first-order chi connectivity index (χ1) is 15.7. The van der Waals surface area contributed by atoms with Crippen LogP contribution in [-0.4, -0.2) is 43.3 Å². The molecule has 0 atom stereocenters. The van der Waals surface area contributed by atoms with Gasteiger partial charge in [0.15, 0.2) is 0 Å². The van der Waals surface area contributed by atoms with Crippen LogP contribution in [0, 0.1) is 0 Å². The van der Waals surface area contributed by atoms with Crippen molar-refractivity contribution in [2.75, 3.05) is 20.3 Å². The van der Waals surface area contributed by atoms with E-state index < -0.39 is 0 Å². The molecule has 1 amide bonds. The lowest BCUT2D eigenvalue weighted by Gasteiger charge is -2.29. The summed E-state index contributed by atoms with van der Waals surface area (Å²) in [6.45, 7) is 0.705. The van der Waals surface area contributed by atoms with Crippen molar-refractivity contribution in [1.29, 1.82) is 0 Å². The largest absolute Gasteiger partial charge is 0.497 e. The van der Waals surface area contributed by atoms with Crippen LogP contribution < -0.4 is 25.3 Å². The van der Waals surface area contributed by atoms with E-state index >= 15 is 0 Å². The number of hydrogen-bond donors (Lipinski definition) is 2. The van der Waals surface area contributed by atoms with Crippen LogP contribution in [0.1, 0.15) is 36.0 Å². The second-order valence-electron chi connectivity index (χ2n) is 7.92. The number of aromatic nitrogens is 1. The molecule has 7 heteroatoms. The van der Waals surface area contributed by atoms with E-state index in [0.29, 0.717) is 30.2 Å². The molecule has 4 rings (SSSR count). The summed E-state index contributed by atoms with van der Waals surface area (Å²) in [6.07, 6.45) is 5.42. The van der Waals surface area contributed by atoms with Gasteiger partial charge in [-0.15, -0.1) is 0 Å². The first kappa shape index (κ1) is 21.9. The van der Waals surface area contributed by atoms with E-state index in [-0.39, 0.29) is 18.1 Å². The Kier molecular flexibility index (Phi) is 7.07. The van der Waals surface area contributed by atoms with E-state index in [4.69, 9.17) is 19.9 Å². The summed E-state index contributed by atoms with van der Waals surface area (Å²) in [5.74, 6) is 1.83. The van der Waals surface area contributed by atoms with Crippen LogP contribution in [-0.2, 0) is 0 Å². The van der Waals surface area contributed by atoms with E-state index in [1.807, 2.05) is 30.3 Å². The number of benzene rings is 2. The number of nitrogens with two attached hydrogens (primary N) is 1. The average molecular weight is 436 g/mol. The molecule has 2 aromatic carbocycles. The summed E-state index contributed by atoms with van der Waals surface area (Å²) in [7, 11) is 1.58. The molecular formula is C25H29N3O4. The molecule has 1 aliphatic carbocycles. The summed E-state index contributed by atoms with van der Waals surface area (Å²) in [5, 5.41) is 4.21. The van der Waals surface area contributed by atoms with Crippen LogP contribution in [0.2, 0.25) is 0 Å². The van der Waals surface area contributed by atoms with Gasteiger partial charge in [0.25, 0.3) is 5.91 Å². The molecule has 0 aliphatic heterocycles. The van der Waals surface area contributed by atoms with Crippen LogP contribution in [0.5, 0.6) is 17.2 Å². The number of fused-ring (bicyclic) bond motifs is 1. The fourth-order valence-electron chi connectivity index (χ4n) is 4.01. The Hall–Kier alpha value is -3.32. The predicted molar refractivity (Wildman–Crippen MR) is 123 cm³/mol. The summed E-state index contributed by atoms with van der Waals surface area (Å²) in [5.41, 5.74) is 6.99. The number of carbonyl (C=O) groups is 1. The Bertz CT molecular complexity index is 1060. The molecule has 32 heavy (non-hydrogen) atoms. The highest BCUT2D eigenvalue weighted by atomic mass is 16.5. The van der Waals surface area contributed by atoms with Gasteiger partial charge in [-0.3, -0.25) is 9.78 Å². The van der Waals surface area contributed by atoms with Crippen LogP contribution >= 0.6 is 0 Å². The van der Waals surface area contributed by atoms with Gasteiger partial charge in [0, 0.05) is 30.2 Å². The van der Waals surface area contributed by atoms with Gasteiger partial charge in [0.2, 0.25) is 0 Å². The summed E-state index contributed by atoms with van der Waals surface area (Å²) < 4.78 is 17.1. The highest BCUT2D eigenvalue weighted by Crippen LogP contribution is 2.28. The molecule has 1 saturated carbocycles. The minimum atomic E-state index is -0.147. The third-order valence-corrected chi connectivity index (χ3v) is 5.70. The van der Waals surface area contributed by atoms with Crippen molar-refractivity contribution in [2.24, 2.45) is 5.73 Å². The minimum Gasteiger partial charge on any atom is -0.497 e. The van der Waals surface area contributed by atoms with Crippen LogP contribution in [0.25, 0.3) is 10.9 Å². The zero-order valence-electron chi connectivity index (χ0n) is 18.3. The van der Waals surface area contributed by atoms with E-state index in [9.17, 15) is 4.79 Å². The van der Waals surface area contributed by atoms with Crippen LogP contribution in [0.15, 0.2) is 54.7 Å². The predicted octanol–water partition coefficient (Wildman–Crippen LogP) is 3.70. The van der Waals surface area contributed by atoms with Gasteiger partial charge in [-0.2, -0.15) is 0 Å². The van der Waals surface area contributed by atoms with E-state index in [0.717, 1.165) is 42.3 Å². The van der Waals surface area contributed by atoms with Crippen molar-refractivity contribution in [2.45, 2.75) is 37.8 Å². The lowest BCUT2D eigenvalue weighted by atomic mass is 9.92. The molecule has 0 saturated heterocycles. The second-order valence-corrected chi connectivity index (χ2v) is 7.92. The molecule has 0 bridgehead atoms. The third kappa shape index (κ3) is 5.29. The Labute approximate surface area is 187 Å². The van der Waals surface area contributed by atoms with Crippen molar-refractivity contribution < 1.29 is 19.0 Å². The zero-order chi connectivity index (χ0) is 22.3. The van der Waals surface area contributed by atoms with Gasteiger partial charge < -0.3 is 25.3 Å². The molecule has 0 radical (unpaired) electrons. The monoisotopic (exact) mass is 435 g/mol. The summed E-state index contributed by atoms with van der Waals surface area (Å²) in [4.78, 5) is 17.2. The molecule has 1 heterocycles. The van der Waals surface area contributed by atoms with E-state index in [2.05, 4.69) is 10.3 Å². The van der Waals surface area contributed by atoms with Gasteiger partial charge in [-0.1, -0.05) is 6.07 Å². The quantitative estimate of drug-likeness (QED) is 0.560. The topological polar surface area (TPSA) is 95.7 Å². The molecular weight excluding hydrogens is 406 g/mol. The Morgan fingerprint density at radius 2 is 1.91 bits per heavy atom. The molecule has 168 valence electrons. The van der Waals surface area contributed by atoms with Crippen molar-refractivity contribution in [3.8, 4) is 17.2 Å². The van der Waals surface area contributed by atoms with Crippen molar-refractivity contribution >= 4 is 16.8 Å². The number of methoxy groups -OCH3 is 1. The smallest absolute Gasteiger partial charge is 0.255 e. The maximum absolute atomic E-state index is 12.9. The molecule has 1 aliphatic rings. The number of pyridine rings is 1. The first-order valence-corrected chi connectivity index (χ1v) is 11.0.